The molecule has 0 radical (unpaired) electrons. The molecule has 0 aliphatic rings. The van der Waals surface area contributed by atoms with Gasteiger partial charge in [-0.2, -0.15) is 0 Å². The standard InChI is InChI=1S/C20H21FN4/c1-3-25(17-10-5-4-6-11-17)20-13-19(23-15(2)24-20)22-14-16-9-7-8-12-18(16)21/h4-13H,3,14H2,1-2H3,(H,22,23,24). The fraction of sp³-hybridized carbons (Fsp3) is 0.200. The summed E-state index contributed by atoms with van der Waals surface area (Å²) in [6.45, 7) is 5.10. The van der Waals surface area contributed by atoms with Crippen LogP contribution < -0.4 is 10.2 Å². The van der Waals surface area contributed by atoms with Gasteiger partial charge >= 0.3 is 0 Å². The topological polar surface area (TPSA) is 41.0 Å². The molecule has 0 amide bonds. The van der Waals surface area contributed by atoms with Gasteiger partial charge in [0.25, 0.3) is 0 Å². The number of benzene rings is 2. The summed E-state index contributed by atoms with van der Waals surface area (Å²) in [7, 11) is 0. The van der Waals surface area contributed by atoms with E-state index in [0.717, 1.165) is 18.1 Å². The summed E-state index contributed by atoms with van der Waals surface area (Å²) >= 11 is 0. The van der Waals surface area contributed by atoms with Crippen LogP contribution in [0.3, 0.4) is 0 Å². The molecular formula is C20H21FN4. The van der Waals surface area contributed by atoms with E-state index in [2.05, 4.69) is 27.1 Å². The Morgan fingerprint density at radius 3 is 2.44 bits per heavy atom. The van der Waals surface area contributed by atoms with Gasteiger partial charge < -0.3 is 10.2 Å². The lowest BCUT2D eigenvalue weighted by molar-refractivity contribution is 0.613. The second-order valence-electron chi connectivity index (χ2n) is 5.68. The number of para-hydroxylation sites is 1. The smallest absolute Gasteiger partial charge is 0.138 e. The predicted octanol–water partition coefficient (Wildman–Crippen LogP) is 4.69. The summed E-state index contributed by atoms with van der Waals surface area (Å²) in [5.41, 5.74) is 1.68. The first-order valence-electron chi connectivity index (χ1n) is 8.33. The fourth-order valence-corrected chi connectivity index (χ4v) is 2.69. The molecule has 3 aromatic rings. The van der Waals surface area contributed by atoms with Gasteiger partial charge in [0, 0.05) is 30.4 Å². The van der Waals surface area contributed by atoms with E-state index in [4.69, 9.17) is 0 Å². The predicted molar refractivity (Wildman–Crippen MR) is 99.6 cm³/mol. The number of halogens is 1. The molecule has 3 rings (SSSR count). The molecule has 1 N–H and O–H groups in total. The largest absolute Gasteiger partial charge is 0.366 e. The molecule has 1 aromatic heterocycles. The normalized spacial score (nSPS) is 10.5. The molecule has 0 saturated heterocycles. The quantitative estimate of drug-likeness (QED) is 0.709. The Bertz CT molecular complexity index is 836. The van der Waals surface area contributed by atoms with Gasteiger partial charge in [-0.3, -0.25) is 0 Å². The first kappa shape index (κ1) is 16.9. The Balaban J connectivity index is 1.84. The number of rotatable bonds is 6. The van der Waals surface area contributed by atoms with Crippen LogP contribution in [0.2, 0.25) is 0 Å². The number of nitrogens with one attached hydrogen (secondary N) is 1. The van der Waals surface area contributed by atoms with Gasteiger partial charge in [0.1, 0.15) is 23.3 Å². The summed E-state index contributed by atoms with van der Waals surface area (Å²) < 4.78 is 13.8. The van der Waals surface area contributed by atoms with Gasteiger partial charge in [0.05, 0.1) is 0 Å². The Kier molecular flexibility index (Phi) is 5.23. The maximum atomic E-state index is 13.8. The SMILES string of the molecule is CCN(c1ccccc1)c1cc(NCc2ccccc2F)nc(C)n1. The molecule has 0 saturated carbocycles. The van der Waals surface area contributed by atoms with E-state index < -0.39 is 0 Å². The number of nitrogens with zero attached hydrogens (tertiary/aromatic N) is 3. The fourth-order valence-electron chi connectivity index (χ4n) is 2.69. The van der Waals surface area contributed by atoms with Gasteiger partial charge in [-0.15, -0.1) is 0 Å². The summed E-state index contributed by atoms with van der Waals surface area (Å²) in [5, 5.41) is 3.20. The van der Waals surface area contributed by atoms with Crippen LogP contribution in [0.1, 0.15) is 18.3 Å². The summed E-state index contributed by atoms with van der Waals surface area (Å²) in [5.74, 6) is 1.95. The molecule has 0 atom stereocenters. The van der Waals surface area contributed by atoms with Crippen LogP contribution in [-0.2, 0) is 6.54 Å². The van der Waals surface area contributed by atoms with Gasteiger partial charge in [-0.05, 0) is 32.0 Å². The molecule has 1 heterocycles. The van der Waals surface area contributed by atoms with Crippen LogP contribution >= 0.6 is 0 Å². The maximum Gasteiger partial charge on any atom is 0.138 e. The van der Waals surface area contributed by atoms with Crippen LogP contribution in [0.4, 0.5) is 21.7 Å². The van der Waals surface area contributed by atoms with E-state index in [-0.39, 0.29) is 5.82 Å². The van der Waals surface area contributed by atoms with Crippen molar-refractivity contribution in [3.63, 3.8) is 0 Å². The number of anilines is 3. The highest BCUT2D eigenvalue weighted by Gasteiger charge is 2.11. The lowest BCUT2D eigenvalue weighted by Gasteiger charge is -2.23. The maximum absolute atomic E-state index is 13.8. The van der Waals surface area contributed by atoms with Gasteiger partial charge in [-0.1, -0.05) is 36.4 Å². The van der Waals surface area contributed by atoms with E-state index in [1.807, 2.05) is 49.4 Å². The van der Waals surface area contributed by atoms with Gasteiger partial charge in [-0.25, -0.2) is 14.4 Å². The molecule has 0 aliphatic heterocycles. The van der Waals surface area contributed by atoms with Crippen molar-refractivity contribution in [3.05, 3.63) is 77.9 Å². The third-order valence-corrected chi connectivity index (χ3v) is 3.90. The second kappa shape index (κ2) is 7.75. The van der Waals surface area contributed by atoms with Gasteiger partial charge in [0.15, 0.2) is 0 Å². The lowest BCUT2D eigenvalue weighted by atomic mass is 10.2. The zero-order chi connectivity index (χ0) is 17.6. The van der Waals surface area contributed by atoms with Crippen LogP contribution in [0, 0.1) is 12.7 Å². The van der Waals surface area contributed by atoms with E-state index in [1.54, 1.807) is 12.1 Å². The van der Waals surface area contributed by atoms with Gasteiger partial charge in [0.2, 0.25) is 0 Å². The van der Waals surface area contributed by atoms with Crippen LogP contribution in [0.15, 0.2) is 60.7 Å². The van der Waals surface area contributed by atoms with Crippen molar-refractivity contribution < 1.29 is 4.39 Å². The van der Waals surface area contributed by atoms with Crippen molar-refractivity contribution in [1.82, 2.24) is 9.97 Å². The molecule has 2 aromatic carbocycles. The summed E-state index contributed by atoms with van der Waals surface area (Å²) in [4.78, 5) is 11.1. The van der Waals surface area contributed by atoms with Crippen LogP contribution in [-0.4, -0.2) is 16.5 Å². The molecule has 0 fully saturated rings. The average Bonchev–Trinajstić information content (AvgIpc) is 2.62. The van der Waals surface area contributed by atoms with Crippen molar-refractivity contribution in [1.29, 1.82) is 0 Å². The zero-order valence-electron chi connectivity index (χ0n) is 14.4. The molecule has 5 heteroatoms. The van der Waals surface area contributed by atoms with Crippen molar-refractivity contribution in [2.24, 2.45) is 0 Å². The van der Waals surface area contributed by atoms with Crippen molar-refractivity contribution in [3.8, 4) is 0 Å². The minimum absolute atomic E-state index is 0.222. The molecule has 0 bridgehead atoms. The Morgan fingerprint density at radius 2 is 1.72 bits per heavy atom. The molecule has 25 heavy (non-hydrogen) atoms. The third-order valence-electron chi connectivity index (χ3n) is 3.90. The first-order valence-corrected chi connectivity index (χ1v) is 8.33. The molecule has 4 nitrogen and oxygen atoms in total. The van der Waals surface area contributed by atoms with Crippen LogP contribution in [0.5, 0.6) is 0 Å². The third kappa shape index (κ3) is 4.12. The molecule has 0 aliphatic carbocycles. The number of hydrogen-bond donors (Lipinski definition) is 1. The van der Waals surface area contributed by atoms with Crippen molar-refractivity contribution >= 4 is 17.3 Å². The van der Waals surface area contributed by atoms with E-state index in [1.165, 1.54) is 6.07 Å². The molecular weight excluding hydrogens is 315 g/mol. The highest BCUT2D eigenvalue weighted by Crippen LogP contribution is 2.25. The first-order chi connectivity index (χ1) is 12.2. The highest BCUT2D eigenvalue weighted by atomic mass is 19.1. The highest BCUT2D eigenvalue weighted by molar-refractivity contribution is 5.62. The molecule has 0 unspecified atom stereocenters. The average molecular weight is 336 g/mol. The minimum Gasteiger partial charge on any atom is -0.366 e. The monoisotopic (exact) mass is 336 g/mol. The Hall–Kier alpha value is -2.95. The minimum atomic E-state index is -0.222. The van der Waals surface area contributed by atoms with Crippen molar-refractivity contribution in [2.75, 3.05) is 16.8 Å². The lowest BCUT2D eigenvalue weighted by Crippen LogP contribution is -2.18. The Labute approximate surface area is 147 Å². The molecule has 0 spiro atoms. The van der Waals surface area contributed by atoms with Crippen LogP contribution in [0.25, 0.3) is 0 Å². The number of aryl methyl sites for hydroxylation is 1. The zero-order valence-corrected chi connectivity index (χ0v) is 14.4. The summed E-state index contributed by atoms with van der Waals surface area (Å²) in [6.07, 6.45) is 0. The molecule has 128 valence electrons. The van der Waals surface area contributed by atoms with Crippen molar-refractivity contribution in [2.45, 2.75) is 20.4 Å². The Morgan fingerprint density at radius 1 is 1.00 bits per heavy atom. The second-order valence-corrected chi connectivity index (χ2v) is 5.68. The summed E-state index contributed by atoms with van der Waals surface area (Å²) in [6, 6.07) is 18.7. The number of aromatic nitrogens is 2. The van der Waals surface area contributed by atoms with E-state index >= 15 is 0 Å². The van der Waals surface area contributed by atoms with E-state index in [9.17, 15) is 4.39 Å². The van der Waals surface area contributed by atoms with E-state index in [0.29, 0.717) is 23.8 Å². The number of hydrogen-bond acceptors (Lipinski definition) is 4.